The standard InChI is InChI=1S/C17H22O/c1-12-16(13-7-4-3-5-8-13)14-9-6-10-15(14)17(12,2)11-18/h3-5,7-8,14-15,18H,6,9-11H2,1-2H3/t14-,15+,17-/m0/s1. The van der Waals surface area contributed by atoms with Gasteiger partial charge in [0.2, 0.25) is 0 Å². The van der Waals surface area contributed by atoms with E-state index < -0.39 is 0 Å². The van der Waals surface area contributed by atoms with E-state index in [1.165, 1.54) is 36.0 Å². The molecule has 0 heterocycles. The Labute approximate surface area is 110 Å². The number of aliphatic hydroxyl groups is 1. The van der Waals surface area contributed by atoms with Gasteiger partial charge >= 0.3 is 0 Å². The van der Waals surface area contributed by atoms with Crippen molar-refractivity contribution in [1.82, 2.24) is 0 Å². The SMILES string of the molecule is CC1=C(c2ccccc2)[C@H]2CCC[C@H]2[C@@]1(C)CO. The van der Waals surface area contributed by atoms with Crippen molar-refractivity contribution >= 4 is 5.57 Å². The summed E-state index contributed by atoms with van der Waals surface area (Å²) in [6, 6.07) is 10.8. The zero-order valence-corrected chi connectivity index (χ0v) is 11.3. The molecule has 0 spiro atoms. The molecule has 18 heavy (non-hydrogen) atoms. The maximum Gasteiger partial charge on any atom is 0.0525 e. The first-order valence-corrected chi connectivity index (χ1v) is 7.06. The molecule has 2 aliphatic carbocycles. The molecule has 0 bridgehead atoms. The molecule has 0 saturated heterocycles. The minimum atomic E-state index is 0.00629. The van der Waals surface area contributed by atoms with Gasteiger partial charge in [0.05, 0.1) is 6.61 Å². The summed E-state index contributed by atoms with van der Waals surface area (Å²) in [6.07, 6.45) is 3.88. The summed E-state index contributed by atoms with van der Waals surface area (Å²) in [5.41, 5.74) is 4.32. The number of hydrogen-bond acceptors (Lipinski definition) is 1. The van der Waals surface area contributed by atoms with Crippen LogP contribution in [0.4, 0.5) is 0 Å². The normalized spacial score (nSPS) is 35.1. The molecule has 0 amide bonds. The molecule has 3 atom stereocenters. The minimum Gasteiger partial charge on any atom is -0.395 e. The van der Waals surface area contributed by atoms with Crippen molar-refractivity contribution in [2.75, 3.05) is 6.61 Å². The average Bonchev–Trinajstić information content (AvgIpc) is 2.95. The Morgan fingerprint density at radius 3 is 2.61 bits per heavy atom. The highest BCUT2D eigenvalue weighted by atomic mass is 16.3. The first kappa shape index (κ1) is 12.0. The zero-order chi connectivity index (χ0) is 12.8. The van der Waals surface area contributed by atoms with Crippen LogP contribution in [0.15, 0.2) is 35.9 Å². The lowest BCUT2D eigenvalue weighted by Crippen LogP contribution is -2.29. The molecule has 0 aliphatic heterocycles. The maximum atomic E-state index is 9.87. The molecular formula is C17H22O. The van der Waals surface area contributed by atoms with Crippen LogP contribution in [-0.2, 0) is 0 Å². The van der Waals surface area contributed by atoms with Crippen molar-refractivity contribution in [2.24, 2.45) is 17.3 Å². The molecule has 96 valence electrons. The highest BCUT2D eigenvalue weighted by Crippen LogP contribution is 2.59. The molecule has 3 rings (SSSR count). The second kappa shape index (κ2) is 4.24. The first-order chi connectivity index (χ1) is 8.68. The number of rotatable bonds is 2. The number of benzene rings is 1. The first-order valence-electron chi connectivity index (χ1n) is 7.06. The van der Waals surface area contributed by atoms with Crippen LogP contribution in [0.3, 0.4) is 0 Å². The number of allylic oxidation sites excluding steroid dienone is 1. The Morgan fingerprint density at radius 2 is 1.94 bits per heavy atom. The lowest BCUT2D eigenvalue weighted by Gasteiger charge is -2.31. The molecule has 1 heteroatoms. The highest BCUT2D eigenvalue weighted by molar-refractivity contribution is 5.74. The van der Waals surface area contributed by atoms with Crippen LogP contribution < -0.4 is 0 Å². The van der Waals surface area contributed by atoms with Crippen LogP contribution in [0.25, 0.3) is 5.57 Å². The van der Waals surface area contributed by atoms with E-state index in [0.717, 1.165) is 0 Å². The Hall–Kier alpha value is -1.08. The average molecular weight is 242 g/mol. The van der Waals surface area contributed by atoms with Crippen LogP contribution in [-0.4, -0.2) is 11.7 Å². The molecule has 0 radical (unpaired) electrons. The van der Waals surface area contributed by atoms with Crippen LogP contribution >= 0.6 is 0 Å². The van der Waals surface area contributed by atoms with Gasteiger partial charge in [0.25, 0.3) is 0 Å². The molecule has 1 aromatic rings. The largest absolute Gasteiger partial charge is 0.395 e. The molecule has 1 aromatic carbocycles. The van der Waals surface area contributed by atoms with Crippen molar-refractivity contribution < 1.29 is 5.11 Å². The second-order valence-corrected chi connectivity index (χ2v) is 6.12. The predicted octanol–water partition coefficient (Wildman–Crippen LogP) is 3.89. The summed E-state index contributed by atoms with van der Waals surface area (Å²) in [7, 11) is 0. The molecular weight excluding hydrogens is 220 g/mol. The third-order valence-corrected chi connectivity index (χ3v) is 5.38. The maximum absolute atomic E-state index is 9.87. The lowest BCUT2D eigenvalue weighted by atomic mass is 9.75. The third kappa shape index (κ3) is 1.50. The zero-order valence-electron chi connectivity index (χ0n) is 11.3. The van der Waals surface area contributed by atoms with Crippen molar-refractivity contribution in [3.05, 3.63) is 41.5 Å². The molecule has 1 N–H and O–H groups in total. The summed E-state index contributed by atoms with van der Waals surface area (Å²) in [4.78, 5) is 0. The summed E-state index contributed by atoms with van der Waals surface area (Å²) >= 11 is 0. The molecule has 0 aromatic heterocycles. The van der Waals surface area contributed by atoms with E-state index in [2.05, 4.69) is 44.2 Å². The monoisotopic (exact) mass is 242 g/mol. The van der Waals surface area contributed by atoms with Crippen LogP contribution in [0.2, 0.25) is 0 Å². The molecule has 1 saturated carbocycles. The van der Waals surface area contributed by atoms with Gasteiger partial charge in [0, 0.05) is 5.41 Å². The van der Waals surface area contributed by atoms with Gasteiger partial charge in [-0.25, -0.2) is 0 Å². The Balaban J connectivity index is 2.12. The van der Waals surface area contributed by atoms with Crippen LogP contribution in [0, 0.1) is 17.3 Å². The van der Waals surface area contributed by atoms with Gasteiger partial charge in [-0.05, 0) is 42.7 Å². The summed E-state index contributed by atoms with van der Waals surface area (Å²) < 4.78 is 0. The molecule has 0 unspecified atom stereocenters. The fraction of sp³-hybridized carbons (Fsp3) is 0.529. The van der Waals surface area contributed by atoms with Crippen molar-refractivity contribution in [3.8, 4) is 0 Å². The highest BCUT2D eigenvalue weighted by Gasteiger charge is 2.50. The topological polar surface area (TPSA) is 20.2 Å². The van der Waals surface area contributed by atoms with Crippen molar-refractivity contribution in [1.29, 1.82) is 0 Å². The van der Waals surface area contributed by atoms with Crippen molar-refractivity contribution in [2.45, 2.75) is 33.1 Å². The van der Waals surface area contributed by atoms with Crippen LogP contribution in [0.5, 0.6) is 0 Å². The van der Waals surface area contributed by atoms with E-state index in [0.29, 0.717) is 11.8 Å². The fourth-order valence-electron chi connectivity index (χ4n) is 4.22. The molecule has 1 nitrogen and oxygen atoms in total. The van der Waals surface area contributed by atoms with Gasteiger partial charge in [-0.1, -0.05) is 49.2 Å². The quantitative estimate of drug-likeness (QED) is 0.834. The van der Waals surface area contributed by atoms with Crippen LogP contribution in [0.1, 0.15) is 38.7 Å². The summed E-state index contributed by atoms with van der Waals surface area (Å²) in [6.45, 7) is 4.77. The van der Waals surface area contributed by atoms with E-state index in [1.807, 2.05) is 0 Å². The van der Waals surface area contributed by atoms with Gasteiger partial charge < -0.3 is 5.11 Å². The fourth-order valence-corrected chi connectivity index (χ4v) is 4.22. The number of aliphatic hydroxyl groups excluding tert-OH is 1. The van der Waals surface area contributed by atoms with Gasteiger partial charge in [-0.15, -0.1) is 0 Å². The van der Waals surface area contributed by atoms with Gasteiger partial charge in [-0.2, -0.15) is 0 Å². The summed E-state index contributed by atoms with van der Waals surface area (Å²) in [5, 5.41) is 9.87. The third-order valence-electron chi connectivity index (χ3n) is 5.38. The van der Waals surface area contributed by atoms with E-state index >= 15 is 0 Å². The van der Waals surface area contributed by atoms with E-state index in [9.17, 15) is 5.11 Å². The van der Waals surface area contributed by atoms with E-state index in [-0.39, 0.29) is 12.0 Å². The molecule has 2 aliphatic rings. The van der Waals surface area contributed by atoms with E-state index in [4.69, 9.17) is 0 Å². The number of fused-ring (bicyclic) bond motifs is 1. The van der Waals surface area contributed by atoms with Crippen molar-refractivity contribution in [3.63, 3.8) is 0 Å². The second-order valence-electron chi connectivity index (χ2n) is 6.12. The van der Waals surface area contributed by atoms with Gasteiger partial charge in [0.15, 0.2) is 0 Å². The summed E-state index contributed by atoms with van der Waals surface area (Å²) in [5.74, 6) is 1.32. The Morgan fingerprint density at radius 1 is 1.22 bits per heavy atom. The lowest BCUT2D eigenvalue weighted by molar-refractivity contribution is 0.116. The molecule has 1 fully saturated rings. The number of hydrogen-bond donors (Lipinski definition) is 1. The van der Waals surface area contributed by atoms with Gasteiger partial charge in [-0.3, -0.25) is 0 Å². The predicted molar refractivity (Wildman–Crippen MR) is 75.1 cm³/mol. The Kier molecular flexibility index (Phi) is 2.82. The van der Waals surface area contributed by atoms with Gasteiger partial charge in [0.1, 0.15) is 0 Å². The Bertz CT molecular complexity index is 474. The van der Waals surface area contributed by atoms with E-state index in [1.54, 1.807) is 0 Å². The minimum absolute atomic E-state index is 0.00629. The smallest absolute Gasteiger partial charge is 0.0525 e.